The number of carbonyl (C=O) groups excluding carboxylic acids is 1. The number of nitrogens with zero attached hydrogens (tertiary/aromatic N) is 2. The zero-order valence-corrected chi connectivity index (χ0v) is 11.2. The van der Waals surface area contributed by atoms with Gasteiger partial charge in [0.05, 0.1) is 22.7 Å². The molecule has 0 bridgehead atoms. The van der Waals surface area contributed by atoms with Crippen LogP contribution in [-0.2, 0) is 4.74 Å². The Morgan fingerprint density at radius 3 is 3.00 bits per heavy atom. The van der Waals surface area contributed by atoms with Gasteiger partial charge in [0.25, 0.3) is 0 Å². The lowest BCUT2D eigenvalue weighted by Crippen LogP contribution is -2.06. The minimum absolute atomic E-state index is 0.228. The van der Waals surface area contributed by atoms with Crippen molar-refractivity contribution in [3.63, 3.8) is 0 Å². The molecule has 2 aromatic heterocycles. The van der Waals surface area contributed by atoms with Gasteiger partial charge in [0.15, 0.2) is 0 Å². The maximum Gasteiger partial charge on any atom is 0.341 e. The highest BCUT2D eigenvalue weighted by Gasteiger charge is 2.15. The number of carbonyl (C=O) groups is 1. The first kappa shape index (κ1) is 12.3. The highest BCUT2D eigenvalue weighted by molar-refractivity contribution is 9.10. The summed E-state index contributed by atoms with van der Waals surface area (Å²) in [5.41, 5.74) is 1.34. The number of hydrogen-bond donors (Lipinski definition) is 0. The smallest absolute Gasteiger partial charge is 0.341 e. The summed E-state index contributed by atoms with van der Waals surface area (Å²) < 4.78 is 5.52. The lowest BCUT2D eigenvalue weighted by Gasteiger charge is -2.06. The van der Waals surface area contributed by atoms with E-state index in [1.54, 1.807) is 19.1 Å². The van der Waals surface area contributed by atoms with Gasteiger partial charge in [-0.05, 0) is 35.0 Å². The molecular formula is C11H8BrClN2O2. The van der Waals surface area contributed by atoms with Gasteiger partial charge in [0, 0.05) is 6.20 Å². The van der Waals surface area contributed by atoms with E-state index in [9.17, 15) is 4.79 Å². The molecule has 2 aromatic rings. The molecule has 17 heavy (non-hydrogen) atoms. The van der Waals surface area contributed by atoms with Crippen molar-refractivity contribution >= 4 is 44.5 Å². The summed E-state index contributed by atoms with van der Waals surface area (Å²) in [6.07, 6.45) is 1.40. The van der Waals surface area contributed by atoms with Gasteiger partial charge < -0.3 is 4.74 Å². The molecular weight excluding hydrogens is 307 g/mol. The average molecular weight is 316 g/mol. The van der Waals surface area contributed by atoms with Gasteiger partial charge in [-0.15, -0.1) is 0 Å². The zero-order chi connectivity index (χ0) is 12.4. The SMILES string of the molecule is CCOC(=O)c1cnc2ccc(Br)nc2c1Cl. The molecule has 4 nitrogen and oxygen atoms in total. The fraction of sp³-hybridized carbons (Fsp3) is 0.182. The lowest BCUT2D eigenvalue weighted by molar-refractivity contribution is 0.0526. The molecule has 0 aliphatic heterocycles. The standard InChI is InChI=1S/C11H8BrClN2O2/c1-2-17-11(16)6-5-14-7-3-4-8(12)15-10(7)9(6)13/h3-5H,2H2,1H3. The van der Waals surface area contributed by atoms with Gasteiger partial charge in [0.1, 0.15) is 10.1 Å². The van der Waals surface area contributed by atoms with Crippen molar-refractivity contribution in [1.82, 2.24) is 9.97 Å². The van der Waals surface area contributed by atoms with Gasteiger partial charge in [-0.1, -0.05) is 11.6 Å². The number of fused-ring (bicyclic) bond motifs is 1. The molecule has 0 atom stereocenters. The zero-order valence-electron chi connectivity index (χ0n) is 8.91. The molecule has 0 amide bonds. The van der Waals surface area contributed by atoms with E-state index >= 15 is 0 Å². The molecule has 0 spiro atoms. The molecule has 0 saturated heterocycles. The van der Waals surface area contributed by atoms with Crippen molar-refractivity contribution in [2.24, 2.45) is 0 Å². The molecule has 0 aliphatic carbocycles. The Morgan fingerprint density at radius 1 is 1.53 bits per heavy atom. The molecule has 0 unspecified atom stereocenters. The fourth-order valence-corrected chi connectivity index (χ4v) is 1.94. The summed E-state index contributed by atoms with van der Waals surface area (Å²) in [7, 11) is 0. The van der Waals surface area contributed by atoms with Gasteiger partial charge >= 0.3 is 5.97 Å². The lowest BCUT2D eigenvalue weighted by atomic mass is 10.2. The van der Waals surface area contributed by atoms with E-state index < -0.39 is 5.97 Å². The Kier molecular flexibility index (Phi) is 3.59. The van der Waals surface area contributed by atoms with Crippen LogP contribution in [0.15, 0.2) is 22.9 Å². The summed E-state index contributed by atoms with van der Waals surface area (Å²) in [5, 5.41) is 0.259. The van der Waals surface area contributed by atoms with Gasteiger partial charge in [-0.25, -0.2) is 9.78 Å². The quantitative estimate of drug-likeness (QED) is 0.631. The third-order valence-electron chi connectivity index (χ3n) is 2.11. The third-order valence-corrected chi connectivity index (χ3v) is 2.94. The van der Waals surface area contributed by atoms with E-state index in [0.29, 0.717) is 22.2 Å². The normalized spacial score (nSPS) is 10.5. The second-order valence-corrected chi connectivity index (χ2v) is 4.40. The first-order chi connectivity index (χ1) is 8.13. The highest BCUT2D eigenvalue weighted by Crippen LogP contribution is 2.25. The molecule has 88 valence electrons. The second kappa shape index (κ2) is 4.98. The first-order valence-electron chi connectivity index (χ1n) is 4.91. The maximum absolute atomic E-state index is 11.6. The summed E-state index contributed by atoms with van der Waals surface area (Å²) in [5.74, 6) is -0.492. The van der Waals surface area contributed by atoms with Crippen LogP contribution in [-0.4, -0.2) is 22.5 Å². The van der Waals surface area contributed by atoms with E-state index in [4.69, 9.17) is 16.3 Å². The van der Waals surface area contributed by atoms with Crippen LogP contribution < -0.4 is 0 Å². The number of halogens is 2. The molecule has 2 rings (SSSR count). The minimum atomic E-state index is -0.492. The highest BCUT2D eigenvalue weighted by atomic mass is 79.9. The van der Waals surface area contributed by atoms with Crippen molar-refractivity contribution in [1.29, 1.82) is 0 Å². The van der Waals surface area contributed by atoms with Crippen molar-refractivity contribution in [3.05, 3.63) is 33.5 Å². The monoisotopic (exact) mass is 314 g/mol. The molecule has 0 fully saturated rings. The number of pyridine rings is 2. The van der Waals surface area contributed by atoms with E-state index in [1.165, 1.54) is 6.20 Å². The van der Waals surface area contributed by atoms with Crippen molar-refractivity contribution < 1.29 is 9.53 Å². The molecule has 0 saturated carbocycles. The van der Waals surface area contributed by atoms with E-state index in [0.717, 1.165) is 0 Å². The summed E-state index contributed by atoms with van der Waals surface area (Å²) in [4.78, 5) is 19.9. The molecule has 0 aromatic carbocycles. The second-order valence-electron chi connectivity index (χ2n) is 3.21. The van der Waals surface area contributed by atoms with Crippen LogP contribution in [0.2, 0.25) is 5.02 Å². The minimum Gasteiger partial charge on any atom is -0.462 e. The van der Waals surface area contributed by atoms with Crippen LogP contribution in [0.25, 0.3) is 11.0 Å². The molecule has 0 radical (unpaired) electrons. The Labute approximate surface area is 111 Å². The van der Waals surface area contributed by atoms with E-state index in [1.807, 2.05) is 0 Å². The Balaban J connectivity index is 2.60. The summed E-state index contributed by atoms with van der Waals surface area (Å²) >= 11 is 9.37. The average Bonchev–Trinajstić information content (AvgIpc) is 2.30. The predicted molar refractivity (Wildman–Crippen MR) is 68.2 cm³/mol. The first-order valence-corrected chi connectivity index (χ1v) is 6.08. The number of hydrogen-bond acceptors (Lipinski definition) is 4. The van der Waals surface area contributed by atoms with E-state index in [2.05, 4.69) is 25.9 Å². The maximum atomic E-state index is 11.6. The Bertz CT molecular complexity index is 589. The van der Waals surface area contributed by atoms with Crippen LogP contribution >= 0.6 is 27.5 Å². The number of aromatic nitrogens is 2. The summed E-state index contributed by atoms with van der Waals surface area (Å²) in [6.45, 7) is 2.02. The van der Waals surface area contributed by atoms with Crippen LogP contribution in [0.3, 0.4) is 0 Å². The molecule has 2 heterocycles. The van der Waals surface area contributed by atoms with Gasteiger partial charge in [0.2, 0.25) is 0 Å². The Morgan fingerprint density at radius 2 is 2.29 bits per heavy atom. The van der Waals surface area contributed by atoms with Crippen LogP contribution in [0.4, 0.5) is 0 Å². The summed E-state index contributed by atoms with van der Waals surface area (Å²) in [6, 6.07) is 3.53. The topological polar surface area (TPSA) is 52.1 Å². The van der Waals surface area contributed by atoms with Crippen LogP contribution in [0, 0.1) is 0 Å². The molecule has 6 heteroatoms. The van der Waals surface area contributed by atoms with Gasteiger partial charge in [-0.3, -0.25) is 4.98 Å². The van der Waals surface area contributed by atoms with E-state index in [-0.39, 0.29) is 10.6 Å². The van der Waals surface area contributed by atoms with Crippen LogP contribution in [0.1, 0.15) is 17.3 Å². The van der Waals surface area contributed by atoms with Crippen LogP contribution in [0.5, 0.6) is 0 Å². The number of rotatable bonds is 2. The Hall–Kier alpha value is -1.20. The third kappa shape index (κ3) is 2.40. The van der Waals surface area contributed by atoms with Crippen molar-refractivity contribution in [2.45, 2.75) is 6.92 Å². The predicted octanol–water partition coefficient (Wildman–Crippen LogP) is 3.22. The van der Waals surface area contributed by atoms with Gasteiger partial charge in [-0.2, -0.15) is 0 Å². The largest absolute Gasteiger partial charge is 0.462 e. The number of ether oxygens (including phenoxy) is 1. The van der Waals surface area contributed by atoms with Crippen molar-refractivity contribution in [2.75, 3.05) is 6.61 Å². The molecule has 0 N–H and O–H groups in total. The fourth-order valence-electron chi connectivity index (χ4n) is 1.36. The number of esters is 1. The van der Waals surface area contributed by atoms with Crippen molar-refractivity contribution in [3.8, 4) is 0 Å². The molecule has 0 aliphatic rings.